The van der Waals surface area contributed by atoms with Gasteiger partial charge in [0.2, 0.25) is 0 Å². The lowest BCUT2D eigenvalue weighted by atomic mass is 9.86. The molecule has 0 aliphatic rings. The summed E-state index contributed by atoms with van der Waals surface area (Å²) in [5.74, 6) is 6.73. The third-order valence-electron chi connectivity index (χ3n) is 6.60. The average molecular weight is 566 g/mol. The number of hydrogen-bond donors (Lipinski definition) is 4. The van der Waals surface area contributed by atoms with Crippen LogP contribution in [0.25, 0.3) is 5.70 Å². The van der Waals surface area contributed by atoms with Crippen molar-refractivity contribution < 1.29 is 9.53 Å². The van der Waals surface area contributed by atoms with Crippen LogP contribution in [-0.4, -0.2) is 29.1 Å². The van der Waals surface area contributed by atoms with Crippen molar-refractivity contribution in [3.05, 3.63) is 70.7 Å². The monoisotopic (exact) mass is 565 g/mol. The van der Waals surface area contributed by atoms with Gasteiger partial charge in [0.15, 0.2) is 5.75 Å². The van der Waals surface area contributed by atoms with E-state index in [1.54, 1.807) is 31.6 Å². The lowest BCUT2D eigenvalue weighted by molar-refractivity contribution is 0.102. The van der Waals surface area contributed by atoms with Crippen LogP contribution in [-0.2, 0) is 11.0 Å². The van der Waals surface area contributed by atoms with Gasteiger partial charge in [0.1, 0.15) is 0 Å². The number of rotatable bonds is 8. The molecule has 216 valence electrons. The molecule has 0 saturated heterocycles. The first-order valence-electron chi connectivity index (χ1n) is 13.1. The molecule has 0 aliphatic carbocycles. The highest BCUT2D eigenvalue weighted by molar-refractivity contribution is 7.99. The van der Waals surface area contributed by atoms with Crippen LogP contribution in [0.4, 0.5) is 17.1 Å². The summed E-state index contributed by atoms with van der Waals surface area (Å²) in [6.45, 7) is 16.5. The molecule has 1 amide bonds. The number of nitrogens with two attached hydrogens (primary N) is 2. The third kappa shape index (κ3) is 6.74. The number of nitrogens with zero attached hydrogens (tertiary/aromatic N) is 3. The summed E-state index contributed by atoms with van der Waals surface area (Å²) in [6, 6.07) is 9.39. The molecular formula is C30H43N7O2S. The average Bonchev–Trinajstić information content (AvgIpc) is 3.25. The molecule has 0 fully saturated rings. The number of hydrogen-bond acceptors (Lipinski definition) is 8. The topological polar surface area (TPSA) is 123 Å². The zero-order valence-electron chi connectivity index (χ0n) is 25.3. The summed E-state index contributed by atoms with van der Waals surface area (Å²) in [5, 5.41) is 8.99. The van der Waals surface area contributed by atoms with Crippen molar-refractivity contribution >= 4 is 40.6 Å². The number of methoxy groups -OCH3 is 1. The van der Waals surface area contributed by atoms with Gasteiger partial charge in [0.25, 0.3) is 5.91 Å². The first kappa shape index (κ1) is 30.9. The molecule has 0 unspecified atom stereocenters. The molecule has 1 aromatic heterocycles. The zero-order valence-corrected chi connectivity index (χ0v) is 26.1. The van der Waals surface area contributed by atoms with E-state index < -0.39 is 0 Å². The molecular weight excluding hydrogens is 522 g/mol. The van der Waals surface area contributed by atoms with Gasteiger partial charge < -0.3 is 20.5 Å². The first-order chi connectivity index (χ1) is 18.6. The highest BCUT2D eigenvalue weighted by Gasteiger charge is 2.22. The van der Waals surface area contributed by atoms with E-state index in [0.29, 0.717) is 28.4 Å². The first-order valence-corrected chi connectivity index (χ1v) is 14.3. The SMILES string of the molecule is COc1c(NSC)cc(C(C)(C)C)cc1NC(=O)c1ccc(C)c(N(N)/C=C(\N)c2cnn(C(C)(C)C)c2C)c1. The number of anilines is 3. The maximum atomic E-state index is 13.5. The van der Waals surface area contributed by atoms with Gasteiger partial charge in [-0.1, -0.05) is 38.8 Å². The quantitative estimate of drug-likeness (QED) is 0.146. The Balaban J connectivity index is 1.95. The van der Waals surface area contributed by atoms with Gasteiger partial charge in [0.05, 0.1) is 41.6 Å². The standard InChI is InChI=1S/C30H43N7O2S/c1-18-11-12-20(13-26(18)36(32)17-23(31)22-16-33-37(19(22)2)30(6,7)8)28(38)34-24-14-21(29(3,4)5)15-25(35-40-10)27(24)39-9/h11-17,35H,31-32H2,1-10H3,(H,34,38)/b23-17-. The molecule has 10 heteroatoms. The van der Waals surface area contributed by atoms with Gasteiger partial charge in [0, 0.05) is 29.3 Å². The van der Waals surface area contributed by atoms with Crippen LogP contribution in [0, 0.1) is 13.8 Å². The molecule has 0 radical (unpaired) electrons. The van der Waals surface area contributed by atoms with E-state index >= 15 is 0 Å². The normalized spacial score (nSPS) is 12.3. The van der Waals surface area contributed by atoms with E-state index in [1.807, 2.05) is 43.0 Å². The summed E-state index contributed by atoms with van der Waals surface area (Å²) in [7, 11) is 1.59. The van der Waals surface area contributed by atoms with Crippen molar-refractivity contribution in [2.45, 2.75) is 66.3 Å². The maximum absolute atomic E-state index is 13.5. The fourth-order valence-corrected chi connectivity index (χ4v) is 4.81. The van der Waals surface area contributed by atoms with Crippen molar-refractivity contribution in [3.63, 3.8) is 0 Å². The minimum atomic E-state index is -0.284. The van der Waals surface area contributed by atoms with Gasteiger partial charge >= 0.3 is 0 Å². The number of hydrazine groups is 1. The van der Waals surface area contributed by atoms with Crippen LogP contribution in [0.3, 0.4) is 0 Å². The molecule has 0 saturated carbocycles. The molecule has 0 bridgehead atoms. The number of ether oxygens (including phenoxy) is 1. The largest absolute Gasteiger partial charge is 0.492 e. The predicted molar refractivity (Wildman–Crippen MR) is 169 cm³/mol. The Morgan fingerprint density at radius 2 is 1.75 bits per heavy atom. The lowest BCUT2D eigenvalue weighted by Gasteiger charge is -2.24. The second-order valence-corrected chi connectivity index (χ2v) is 12.4. The van der Waals surface area contributed by atoms with Gasteiger partial charge in [-0.15, -0.1) is 0 Å². The molecule has 2 aromatic carbocycles. The highest BCUT2D eigenvalue weighted by atomic mass is 32.2. The van der Waals surface area contributed by atoms with Crippen LogP contribution < -0.4 is 31.4 Å². The van der Waals surface area contributed by atoms with Crippen LogP contribution in [0.2, 0.25) is 0 Å². The smallest absolute Gasteiger partial charge is 0.255 e. The number of nitrogens with one attached hydrogen (secondary N) is 2. The number of aryl methyl sites for hydroxylation is 1. The number of benzene rings is 2. The molecule has 3 rings (SSSR count). The summed E-state index contributed by atoms with van der Waals surface area (Å²) in [6.07, 6.45) is 5.33. The van der Waals surface area contributed by atoms with Gasteiger partial charge in [-0.05, 0) is 75.4 Å². The lowest BCUT2D eigenvalue weighted by Crippen LogP contribution is -2.27. The minimum Gasteiger partial charge on any atom is -0.492 e. The fourth-order valence-electron chi connectivity index (χ4n) is 4.44. The van der Waals surface area contributed by atoms with E-state index in [-0.39, 0.29) is 16.9 Å². The molecule has 9 nitrogen and oxygen atoms in total. The number of carbonyl (C=O) groups excluding carboxylic acids is 1. The van der Waals surface area contributed by atoms with E-state index in [2.05, 4.69) is 56.7 Å². The third-order valence-corrected chi connectivity index (χ3v) is 7.03. The number of amides is 1. The van der Waals surface area contributed by atoms with E-state index in [9.17, 15) is 4.79 Å². The molecule has 0 spiro atoms. The van der Waals surface area contributed by atoms with E-state index in [0.717, 1.165) is 28.1 Å². The summed E-state index contributed by atoms with van der Waals surface area (Å²) in [4.78, 5) is 13.5. The van der Waals surface area contributed by atoms with Crippen LogP contribution in [0.5, 0.6) is 5.75 Å². The summed E-state index contributed by atoms with van der Waals surface area (Å²) >= 11 is 1.46. The Morgan fingerprint density at radius 3 is 2.30 bits per heavy atom. The molecule has 3 aromatic rings. The van der Waals surface area contributed by atoms with Gasteiger partial charge in [-0.2, -0.15) is 5.10 Å². The van der Waals surface area contributed by atoms with Crippen molar-refractivity contribution in [1.82, 2.24) is 9.78 Å². The van der Waals surface area contributed by atoms with Gasteiger partial charge in [-0.3, -0.25) is 14.5 Å². The second-order valence-electron chi connectivity index (χ2n) is 11.8. The fraction of sp³-hybridized carbons (Fsp3) is 0.400. The number of carbonyl (C=O) groups is 1. The Labute approximate surface area is 242 Å². The summed E-state index contributed by atoms with van der Waals surface area (Å²) in [5.41, 5.74) is 12.8. The van der Waals surface area contributed by atoms with Gasteiger partial charge in [-0.25, -0.2) is 5.84 Å². The van der Waals surface area contributed by atoms with Crippen molar-refractivity contribution in [1.29, 1.82) is 0 Å². The molecule has 1 heterocycles. The Bertz CT molecular complexity index is 1410. The molecule has 40 heavy (non-hydrogen) atoms. The number of aromatic nitrogens is 2. The molecule has 0 aliphatic heterocycles. The van der Waals surface area contributed by atoms with E-state index in [4.69, 9.17) is 16.3 Å². The Hall–Kier alpha value is -3.63. The predicted octanol–water partition coefficient (Wildman–Crippen LogP) is 6.14. The van der Waals surface area contributed by atoms with E-state index in [1.165, 1.54) is 17.0 Å². The van der Waals surface area contributed by atoms with Crippen LogP contribution in [0.15, 0.2) is 42.7 Å². The highest BCUT2D eigenvalue weighted by Crippen LogP contribution is 2.40. The van der Waals surface area contributed by atoms with Crippen molar-refractivity contribution in [2.24, 2.45) is 11.6 Å². The molecule has 0 atom stereocenters. The minimum absolute atomic E-state index is 0.133. The maximum Gasteiger partial charge on any atom is 0.255 e. The van der Waals surface area contributed by atoms with Crippen LogP contribution >= 0.6 is 11.9 Å². The Kier molecular flexibility index (Phi) is 9.16. The van der Waals surface area contributed by atoms with Crippen molar-refractivity contribution in [3.8, 4) is 5.75 Å². The van der Waals surface area contributed by atoms with Crippen LogP contribution in [0.1, 0.15) is 74.3 Å². The zero-order chi connectivity index (χ0) is 30.0. The summed E-state index contributed by atoms with van der Waals surface area (Å²) < 4.78 is 10.9. The molecule has 6 N–H and O–H groups in total. The Morgan fingerprint density at radius 1 is 1.10 bits per heavy atom. The second kappa shape index (κ2) is 11.9. The van der Waals surface area contributed by atoms with Crippen molar-refractivity contribution in [2.75, 3.05) is 28.4 Å².